The molecule has 2 nitrogen and oxygen atoms in total. The molecule has 0 aliphatic heterocycles. The third kappa shape index (κ3) is 6.94. The van der Waals surface area contributed by atoms with Crippen LogP contribution in [0, 0.1) is 0 Å². The number of anilines is 3. The molecular formula is C71H48N2. The minimum absolute atomic E-state index is 0.462. The fraction of sp³-hybridized carbons (Fsp3) is 0.0141. The van der Waals surface area contributed by atoms with Gasteiger partial charge in [-0.1, -0.05) is 218 Å². The molecule has 12 aromatic carbocycles. The molecule has 2 heteroatoms. The molecule has 1 aliphatic carbocycles. The first-order valence-corrected chi connectivity index (χ1v) is 25.2. The van der Waals surface area contributed by atoms with Gasteiger partial charge in [-0.15, -0.1) is 0 Å². The summed E-state index contributed by atoms with van der Waals surface area (Å²) in [7, 11) is 0. The third-order valence-electron chi connectivity index (χ3n) is 15.3. The zero-order chi connectivity index (χ0) is 48.3. The summed E-state index contributed by atoms with van der Waals surface area (Å²) in [6.45, 7) is 0. The van der Waals surface area contributed by atoms with Gasteiger partial charge in [0.2, 0.25) is 0 Å². The number of hydrogen-bond donors (Lipinski definition) is 0. The summed E-state index contributed by atoms with van der Waals surface area (Å²) in [6.07, 6.45) is 0. The standard InChI is InChI=1S/C71H48N2/c1-5-19-49(20-6-1)52-23-17-30-59(45-52)73-69-43-38-54(62-33-18-22-51-21-13-14-31-61(51)62)46-65(69)66-48-60(41-44-70(66)73)72(57-28-11-4-12-29-57)58-39-35-50(36-40-58)53-37-42-64-63-32-15-16-34-67(63)71(68(64)47-53,55-24-7-2-8-25-55)56-26-9-3-10-27-56/h1-48H. The van der Waals surface area contributed by atoms with Crippen LogP contribution in [0.1, 0.15) is 22.3 Å². The van der Waals surface area contributed by atoms with Crippen molar-refractivity contribution >= 4 is 49.6 Å². The molecule has 0 N–H and O–H groups in total. The Balaban J connectivity index is 0.916. The minimum atomic E-state index is -0.462. The van der Waals surface area contributed by atoms with Crippen LogP contribution in [0.3, 0.4) is 0 Å². The number of hydrogen-bond acceptors (Lipinski definition) is 1. The molecule has 0 bridgehead atoms. The molecule has 1 heterocycles. The topological polar surface area (TPSA) is 8.17 Å². The molecule has 1 aromatic heterocycles. The van der Waals surface area contributed by atoms with Crippen LogP contribution in [0.25, 0.3) is 82.8 Å². The number of nitrogens with zero attached hydrogens (tertiary/aromatic N) is 2. The van der Waals surface area contributed by atoms with Gasteiger partial charge in [-0.2, -0.15) is 0 Å². The molecule has 73 heavy (non-hydrogen) atoms. The van der Waals surface area contributed by atoms with E-state index in [-0.39, 0.29) is 0 Å². The maximum atomic E-state index is 2.45. The summed E-state index contributed by atoms with van der Waals surface area (Å²) in [5.74, 6) is 0. The summed E-state index contributed by atoms with van der Waals surface area (Å²) in [5.41, 5.74) is 21.2. The van der Waals surface area contributed by atoms with Crippen molar-refractivity contribution in [1.29, 1.82) is 0 Å². The predicted molar refractivity (Wildman–Crippen MR) is 307 cm³/mol. The van der Waals surface area contributed by atoms with Gasteiger partial charge in [0.25, 0.3) is 0 Å². The Bertz CT molecular complexity index is 4130. The molecule has 0 unspecified atom stereocenters. The van der Waals surface area contributed by atoms with Crippen molar-refractivity contribution in [2.45, 2.75) is 5.41 Å². The minimum Gasteiger partial charge on any atom is -0.310 e. The van der Waals surface area contributed by atoms with E-state index >= 15 is 0 Å². The first-order chi connectivity index (χ1) is 36.2. The first kappa shape index (κ1) is 42.4. The molecule has 0 saturated heterocycles. The summed E-state index contributed by atoms with van der Waals surface area (Å²) >= 11 is 0. The van der Waals surface area contributed by atoms with Crippen LogP contribution in [0.15, 0.2) is 291 Å². The quantitative estimate of drug-likeness (QED) is 0.140. The Hall–Kier alpha value is -9.50. The monoisotopic (exact) mass is 928 g/mol. The van der Waals surface area contributed by atoms with Gasteiger partial charge in [-0.05, 0) is 150 Å². The summed E-state index contributed by atoms with van der Waals surface area (Å²) in [5, 5.41) is 4.88. The zero-order valence-electron chi connectivity index (χ0n) is 40.1. The van der Waals surface area contributed by atoms with Gasteiger partial charge in [-0.25, -0.2) is 0 Å². The molecular weight excluding hydrogens is 881 g/mol. The van der Waals surface area contributed by atoms with Crippen molar-refractivity contribution < 1.29 is 0 Å². The highest BCUT2D eigenvalue weighted by Crippen LogP contribution is 2.57. The average molecular weight is 929 g/mol. The Labute approximate surface area is 426 Å². The Kier molecular flexibility index (Phi) is 10.1. The lowest BCUT2D eigenvalue weighted by atomic mass is 9.67. The molecule has 0 spiro atoms. The van der Waals surface area contributed by atoms with E-state index in [0.717, 1.165) is 33.8 Å². The van der Waals surface area contributed by atoms with Crippen molar-refractivity contribution in [3.63, 3.8) is 0 Å². The maximum absolute atomic E-state index is 2.45. The van der Waals surface area contributed by atoms with E-state index < -0.39 is 5.41 Å². The van der Waals surface area contributed by atoms with E-state index in [0.29, 0.717) is 0 Å². The molecule has 14 rings (SSSR count). The SMILES string of the molecule is c1ccc(-c2cccc(-n3c4ccc(-c5cccc6ccccc56)cc4c4cc(N(c5ccccc5)c5ccc(-c6ccc7c(c6)C(c6ccccc6)(c6ccccc6)c6ccccc6-7)cc5)ccc43)c2)cc1. The first-order valence-electron chi connectivity index (χ1n) is 25.2. The summed E-state index contributed by atoms with van der Waals surface area (Å²) < 4.78 is 2.44. The van der Waals surface area contributed by atoms with Crippen molar-refractivity contribution in [1.82, 2.24) is 4.57 Å². The molecule has 0 saturated carbocycles. The van der Waals surface area contributed by atoms with Gasteiger partial charge in [0, 0.05) is 33.5 Å². The van der Waals surface area contributed by atoms with Gasteiger partial charge < -0.3 is 9.47 Å². The Morgan fingerprint density at radius 2 is 0.781 bits per heavy atom. The lowest BCUT2D eigenvalue weighted by molar-refractivity contribution is 0.769. The number of rotatable bonds is 9. The van der Waals surface area contributed by atoms with E-state index in [2.05, 4.69) is 301 Å². The number of aromatic nitrogens is 1. The highest BCUT2D eigenvalue weighted by atomic mass is 15.1. The van der Waals surface area contributed by atoms with E-state index in [1.807, 2.05) is 0 Å². The highest BCUT2D eigenvalue weighted by Gasteiger charge is 2.46. The van der Waals surface area contributed by atoms with E-state index in [4.69, 9.17) is 0 Å². The highest BCUT2D eigenvalue weighted by molar-refractivity contribution is 6.13. The van der Waals surface area contributed by atoms with Crippen LogP contribution in [0.4, 0.5) is 17.1 Å². The van der Waals surface area contributed by atoms with Gasteiger partial charge in [-0.3, -0.25) is 0 Å². The van der Waals surface area contributed by atoms with Crippen molar-refractivity contribution in [3.05, 3.63) is 313 Å². The van der Waals surface area contributed by atoms with Crippen molar-refractivity contribution in [2.24, 2.45) is 0 Å². The van der Waals surface area contributed by atoms with Gasteiger partial charge >= 0.3 is 0 Å². The van der Waals surface area contributed by atoms with E-state index in [1.54, 1.807) is 0 Å². The fourth-order valence-electron chi connectivity index (χ4n) is 12.0. The van der Waals surface area contributed by atoms with Gasteiger partial charge in [0.1, 0.15) is 0 Å². The second-order valence-electron chi connectivity index (χ2n) is 19.2. The smallest absolute Gasteiger partial charge is 0.0713 e. The molecule has 1 aliphatic rings. The van der Waals surface area contributed by atoms with Crippen molar-refractivity contribution in [2.75, 3.05) is 4.90 Å². The largest absolute Gasteiger partial charge is 0.310 e. The van der Waals surface area contributed by atoms with Crippen LogP contribution in [-0.2, 0) is 5.41 Å². The number of para-hydroxylation sites is 1. The summed E-state index contributed by atoms with van der Waals surface area (Å²) in [4.78, 5) is 2.39. The predicted octanol–water partition coefficient (Wildman–Crippen LogP) is 18.8. The Morgan fingerprint density at radius 1 is 0.274 bits per heavy atom. The van der Waals surface area contributed by atoms with Crippen LogP contribution in [0.2, 0.25) is 0 Å². The van der Waals surface area contributed by atoms with Gasteiger partial charge in [0.15, 0.2) is 0 Å². The van der Waals surface area contributed by atoms with Crippen LogP contribution >= 0.6 is 0 Å². The molecule has 342 valence electrons. The molecule has 0 radical (unpaired) electrons. The normalized spacial score (nSPS) is 12.5. The zero-order valence-corrected chi connectivity index (χ0v) is 40.1. The lowest BCUT2D eigenvalue weighted by Crippen LogP contribution is -2.28. The Morgan fingerprint density at radius 3 is 1.55 bits per heavy atom. The fourth-order valence-corrected chi connectivity index (χ4v) is 12.0. The van der Waals surface area contributed by atoms with Crippen LogP contribution < -0.4 is 4.90 Å². The summed E-state index contributed by atoms with van der Waals surface area (Å²) in [6, 6.07) is 107. The average Bonchev–Trinajstić information content (AvgIpc) is 3.96. The molecule has 0 atom stereocenters. The number of fused-ring (bicyclic) bond motifs is 7. The third-order valence-corrected chi connectivity index (χ3v) is 15.3. The number of benzene rings is 12. The molecule has 0 fully saturated rings. The van der Waals surface area contributed by atoms with Crippen LogP contribution in [0.5, 0.6) is 0 Å². The molecule has 13 aromatic rings. The maximum Gasteiger partial charge on any atom is 0.0713 e. The van der Waals surface area contributed by atoms with Gasteiger partial charge in [0.05, 0.1) is 16.4 Å². The second-order valence-corrected chi connectivity index (χ2v) is 19.2. The lowest BCUT2D eigenvalue weighted by Gasteiger charge is -2.34. The van der Waals surface area contributed by atoms with Crippen molar-refractivity contribution in [3.8, 4) is 50.2 Å². The van der Waals surface area contributed by atoms with E-state index in [9.17, 15) is 0 Å². The second kappa shape index (κ2) is 17.4. The van der Waals surface area contributed by atoms with Crippen LogP contribution in [-0.4, -0.2) is 4.57 Å². The van der Waals surface area contributed by atoms with E-state index in [1.165, 1.54) is 88.3 Å². The molecule has 0 amide bonds.